The van der Waals surface area contributed by atoms with Gasteiger partial charge in [-0.15, -0.1) is 0 Å². The molecule has 2 aromatic rings. The predicted octanol–water partition coefficient (Wildman–Crippen LogP) is 3.41. The molecule has 0 bridgehead atoms. The first-order valence-corrected chi connectivity index (χ1v) is 9.14. The third-order valence-electron chi connectivity index (χ3n) is 4.92. The number of primary amides is 1. The summed E-state index contributed by atoms with van der Waals surface area (Å²) in [7, 11) is 0. The highest BCUT2D eigenvalue weighted by molar-refractivity contribution is 5.93. The summed E-state index contributed by atoms with van der Waals surface area (Å²) in [5.74, 6) is -0.857. The number of aliphatic carboxylic acids is 1. The van der Waals surface area contributed by atoms with Crippen LogP contribution in [0.25, 0.3) is 0 Å². The van der Waals surface area contributed by atoms with Crippen LogP contribution in [0.1, 0.15) is 36.0 Å². The molecule has 1 aliphatic rings. The lowest BCUT2D eigenvalue weighted by Crippen LogP contribution is -2.29. The molecule has 2 amide bonds. The Morgan fingerprint density at radius 2 is 1.57 bits per heavy atom. The highest BCUT2D eigenvalue weighted by Crippen LogP contribution is 2.30. The summed E-state index contributed by atoms with van der Waals surface area (Å²) in [4.78, 5) is 34.6. The van der Waals surface area contributed by atoms with E-state index < -0.39 is 11.9 Å². The molecule has 0 atom stereocenters. The molecule has 146 valence electrons. The van der Waals surface area contributed by atoms with Crippen molar-refractivity contribution in [2.75, 3.05) is 5.32 Å². The number of nitrogens with two attached hydrogens (primary N) is 1. The predicted molar refractivity (Wildman–Crippen MR) is 103 cm³/mol. The number of nitrogens with one attached hydrogen (secondary N) is 1. The van der Waals surface area contributed by atoms with Crippen LogP contribution in [0.4, 0.5) is 5.69 Å². The molecular weight excluding hydrogens is 360 g/mol. The van der Waals surface area contributed by atoms with Crippen LogP contribution < -0.4 is 15.8 Å². The largest absolute Gasteiger partial charge is 0.481 e. The van der Waals surface area contributed by atoms with Crippen molar-refractivity contribution in [2.24, 2.45) is 17.6 Å². The highest BCUT2D eigenvalue weighted by atomic mass is 16.5. The van der Waals surface area contributed by atoms with Crippen molar-refractivity contribution in [1.82, 2.24) is 0 Å². The number of amides is 2. The van der Waals surface area contributed by atoms with Crippen LogP contribution in [-0.2, 0) is 9.59 Å². The molecule has 7 heteroatoms. The Bertz CT molecular complexity index is 871. The first-order valence-electron chi connectivity index (χ1n) is 9.14. The molecular formula is C21H22N2O5. The van der Waals surface area contributed by atoms with Gasteiger partial charge in [-0.3, -0.25) is 14.4 Å². The van der Waals surface area contributed by atoms with Gasteiger partial charge in [-0.2, -0.15) is 0 Å². The standard InChI is InChI=1S/C21H22N2O5/c22-19(24)15-2-1-3-18(12-15)28-17-10-8-16(9-11-17)23-20(25)13-4-6-14(7-5-13)21(26)27/h1-3,8-14H,4-7H2,(H2,22,24)(H,23,25)(H,26,27). The summed E-state index contributed by atoms with van der Waals surface area (Å²) >= 11 is 0. The average Bonchev–Trinajstić information content (AvgIpc) is 2.69. The summed E-state index contributed by atoms with van der Waals surface area (Å²) in [6.45, 7) is 0. The normalized spacial score (nSPS) is 18.9. The number of ether oxygens (including phenoxy) is 1. The summed E-state index contributed by atoms with van der Waals surface area (Å²) in [6, 6.07) is 13.5. The van der Waals surface area contributed by atoms with E-state index in [4.69, 9.17) is 15.6 Å². The summed E-state index contributed by atoms with van der Waals surface area (Å²) < 4.78 is 5.70. The number of hydrogen-bond donors (Lipinski definition) is 3. The van der Waals surface area contributed by atoms with Crippen LogP contribution in [0, 0.1) is 11.8 Å². The van der Waals surface area contributed by atoms with E-state index in [2.05, 4.69) is 5.32 Å². The minimum absolute atomic E-state index is 0.0910. The average molecular weight is 382 g/mol. The van der Waals surface area contributed by atoms with E-state index in [9.17, 15) is 14.4 Å². The topological polar surface area (TPSA) is 119 Å². The first-order chi connectivity index (χ1) is 13.4. The Kier molecular flexibility index (Phi) is 5.93. The van der Waals surface area contributed by atoms with Gasteiger partial charge < -0.3 is 20.9 Å². The summed E-state index contributed by atoms with van der Waals surface area (Å²) in [5.41, 5.74) is 6.26. The van der Waals surface area contributed by atoms with Crippen molar-refractivity contribution in [1.29, 1.82) is 0 Å². The maximum Gasteiger partial charge on any atom is 0.306 e. The zero-order chi connectivity index (χ0) is 20.1. The second-order valence-electron chi connectivity index (χ2n) is 6.89. The van der Waals surface area contributed by atoms with E-state index in [0.717, 1.165) is 0 Å². The minimum atomic E-state index is -0.782. The monoisotopic (exact) mass is 382 g/mol. The molecule has 0 spiro atoms. The molecule has 28 heavy (non-hydrogen) atoms. The van der Waals surface area contributed by atoms with Crippen LogP contribution in [-0.4, -0.2) is 22.9 Å². The second kappa shape index (κ2) is 8.56. The van der Waals surface area contributed by atoms with Gasteiger partial charge in [0.25, 0.3) is 0 Å². The molecule has 4 N–H and O–H groups in total. The van der Waals surface area contributed by atoms with Gasteiger partial charge in [0, 0.05) is 17.2 Å². The Hall–Kier alpha value is -3.35. The fourth-order valence-corrected chi connectivity index (χ4v) is 3.30. The van der Waals surface area contributed by atoms with E-state index in [1.165, 1.54) is 0 Å². The number of carboxylic acids is 1. The third-order valence-corrected chi connectivity index (χ3v) is 4.92. The Morgan fingerprint density at radius 3 is 2.18 bits per heavy atom. The van der Waals surface area contributed by atoms with Crippen molar-refractivity contribution >= 4 is 23.5 Å². The van der Waals surface area contributed by atoms with Gasteiger partial charge in [0.15, 0.2) is 0 Å². The molecule has 0 aliphatic heterocycles. The van der Waals surface area contributed by atoms with Gasteiger partial charge >= 0.3 is 5.97 Å². The Labute approximate surface area is 162 Å². The minimum Gasteiger partial charge on any atom is -0.481 e. The maximum absolute atomic E-state index is 12.4. The van der Waals surface area contributed by atoms with Crippen LogP contribution >= 0.6 is 0 Å². The lowest BCUT2D eigenvalue weighted by Gasteiger charge is -2.25. The van der Waals surface area contributed by atoms with Crippen molar-refractivity contribution < 1.29 is 24.2 Å². The maximum atomic E-state index is 12.4. The molecule has 7 nitrogen and oxygen atoms in total. The highest BCUT2D eigenvalue weighted by Gasteiger charge is 2.29. The number of benzene rings is 2. The molecule has 0 radical (unpaired) electrons. The second-order valence-corrected chi connectivity index (χ2v) is 6.89. The van der Waals surface area contributed by atoms with Crippen LogP contribution in [0.3, 0.4) is 0 Å². The lowest BCUT2D eigenvalue weighted by atomic mass is 9.81. The third kappa shape index (κ3) is 4.88. The van der Waals surface area contributed by atoms with Gasteiger partial charge in [0.1, 0.15) is 11.5 Å². The molecule has 0 heterocycles. The van der Waals surface area contributed by atoms with Gasteiger partial charge in [-0.1, -0.05) is 6.07 Å². The number of carboxylic acid groups (broad SMARTS) is 1. The van der Waals surface area contributed by atoms with Crippen molar-refractivity contribution in [3.63, 3.8) is 0 Å². The quantitative estimate of drug-likeness (QED) is 0.707. The lowest BCUT2D eigenvalue weighted by molar-refractivity contribution is -0.143. The number of hydrogen-bond acceptors (Lipinski definition) is 4. The smallest absolute Gasteiger partial charge is 0.306 e. The van der Waals surface area contributed by atoms with E-state index in [-0.39, 0.29) is 17.7 Å². The zero-order valence-corrected chi connectivity index (χ0v) is 15.3. The van der Waals surface area contributed by atoms with Crippen LogP contribution in [0.15, 0.2) is 48.5 Å². The fraction of sp³-hybridized carbons (Fsp3) is 0.286. The Balaban J connectivity index is 1.56. The van der Waals surface area contributed by atoms with Gasteiger partial charge in [0.2, 0.25) is 11.8 Å². The Morgan fingerprint density at radius 1 is 0.929 bits per heavy atom. The fourth-order valence-electron chi connectivity index (χ4n) is 3.30. The van der Waals surface area contributed by atoms with E-state index >= 15 is 0 Å². The molecule has 1 saturated carbocycles. The van der Waals surface area contributed by atoms with Gasteiger partial charge in [-0.25, -0.2) is 0 Å². The van der Waals surface area contributed by atoms with E-state index in [0.29, 0.717) is 48.4 Å². The van der Waals surface area contributed by atoms with Crippen molar-refractivity contribution in [3.8, 4) is 11.5 Å². The SMILES string of the molecule is NC(=O)c1cccc(Oc2ccc(NC(=O)C3CCC(C(=O)O)CC3)cc2)c1. The van der Waals surface area contributed by atoms with E-state index in [1.807, 2.05) is 0 Å². The number of anilines is 1. The van der Waals surface area contributed by atoms with E-state index in [1.54, 1.807) is 48.5 Å². The molecule has 0 aromatic heterocycles. The van der Waals surface area contributed by atoms with Gasteiger partial charge in [0.05, 0.1) is 5.92 Å². The van der Waals surface area contributed by atoms with Crippen LogP contribution in [0.5, 0.6) is 11.5 Å². The zero-order valence-electron chi connectivity index (χ0n) is 15.3. The molecule has 1 aliphatic carbocycles. The number of carbonyl (C=O) groups excluding carboxylic acids is 2. The van der Waals surface area contributed by atoms with Crippen molar-refractivity contribution in [3.05, 3.63) is 54.1 Å². The molecule has 0 unspecified atom stereocenters. The van der Waals surface area contributed by atoms with Gasteiger partial charge in [-0.05, 0) is 68.1 Å². The van der Waals surface area contributed by atoms with Crippen molar-refractivity contribution in [2.45, 2.75) is 25.7 Å². The molecule has 0 saturated heterocycles. The number of carbonyl (C=O) groups is 3. The van der Waals surface area contributed by atoms with Crippen LogP contribution in [0.2, 0.25) is 0 Å². The summed E-state index contributed by atoms with van der Waals surface area (Å²) in [5, 5.41) is 11.9. The molecule has 3 rings (SSSR count). The summed E-state index contributed by atoms with van der Waals surface area (Å²) in [6.07, 6.45) is 2.23. The molecule has 2 aromatic carbocycles. The molecule has 1 fully saturated rings. The first kappa shape index (κ1) is 19.4. The number of rotatable bonds is 6.